The molecule has 0 radical (unpaired) electrons. The van der Waals surface area contributed by atoms with Crippen molar-refractivity contribution in [3.63, 3.8) is 0 Å². The average Bonchev–Trinajstić information content (AvgIpc) is 2.77. The predicted molar refractivity (Wildman–Crippen MR) is 82.8 cm³/mol. The van der Waals surface area contributed by atoms with E-state index in [2.05, 4.69) is 20.2 Å². The third-order valence-corrected chi connectivity index (χ3v) is 4.99. The van der Waals surface area contributed by atoms with Crippen LogP contribution in [-0.4, -0.2) is 25.7 Å². The summed E-state index contributed by atoms with van der Waals surface area (Å²) in [6.45, 7) is 5.92. The molecule has 0 saturated carbocycles. The van der Waals surface area contributed by atoms with E-state index in [9.17, 15) is 8.42 Å². The van der Waals surface area contributed by atoms with Crippen LogP contribution in [0.2, 0.25) is 0 Å². The van der Waals surface area contributed by atoms with Crippen LogP contribution in [0.15, 0.2) is 23.1 Å². The molecule has 21 heavy (non-hydrogen) atoms. The highest BCUT2D eigenvalue weighted by atomic mass is 32.2. The monoisotopic (exact) mass is 308 g/mol. The van der Waals surface area contributed by atoms with E-state index >= 15 is 0 Å². The summed E-state index contributed by atoms with van der Waals surface area (Å²) in [5.41, 5.74) is 3.55. The molecule has 7 heteroatoms. The lowest BCUT2D eigenvalue weighted by Gasteiger charge is -2.12. The van der Waals surface area contributed by atoms with Gasteiger partial charge in [0.25, 0.3) is 10.0 Å². The third kappa shape index (κ3) is 3.08. The molecule has 114 valence electrons. The number of aromatic nitrogens is 2. The zero-order valence-electron chi connectivity index (χ0n) is 12.6. The van der Waals surface area contributed by atoms with Crippen molar-refractivity contribution in [2.45, 2.75) is 32.2 Å². The lowest BCUT2D eigenvalue weighted by Crippen LogP contribution is -2.18. The van der Waals surface area contributed by atoms with Crippen molar-refractivity contribution in [1.29, 1.82) is 0 Å². The molecule has 6 nitrogen and oxygen atoms in total. The van der Waals surface area contributed by atoms with E-state index in [0.717, 1.165) is 11.1 Å². The summed E-state index contributed by atoms with van der Waals surface area (Å²) in [7, 11) is -1.93. The fourth-order valence-electron chi connectivity index (χ4n) is 2.17. The van der Waals surface area contributed by atoms with E-state index < -0.39 is 10.0 Å². The lowest BCUT2D eigenvalue weighted by molar-refractivity contribution is 0.598. The number of benzene rings is 1. The van der Waals surface area contributed by atoms with Crippen LogP contribution in [0.25, 0.3) is 0 Å². The SMILES string of the molecule is CNCc1n[nH]c(C)c1S(=O)(=O)Nc1cccc(C)c1C. The Morgan fingerprint density at radius 1 is 1.24 bits per heavy atom. The van der Waals surface area contributed by atoms with Crippen molar-refractivity contribution in [2.24, 2.45) is 0 Å². The fourth-order valence-corrected chi connectivity index (χ4v) is 3.66. The van der Waals surface area contributed by atoms with Crippen LogP contribution in [0.3, 0.4) is 0 Å². The van der Waals surface area contributed by atoms with Gasteiger partial charge >= 0.3 is 0 Å². The molecule has 0 aliphatic rings. The molecule has 1 heterocycles. The van der Waals surface area contributed by atoms with Gasteiger partial charge in [-0.25, -0.2) is 8.42 Å². The normalized spacial score (nSPS) is 11.6. The number of anilines is 1. The molecular formula is C14H20N4O2S. The van der Waals surface area contributed by atoms with Gasteiger partial charge in [-0.1, -0.05) is 12.1 Å². The maximum atomic E-state index is 12.6. The summed E-state index contributed by atoms with van der Waals surface area (Å²) < 4.78 is 27.9. The Hall–Kier alpha value is -1.86. The number of aromatic amines is 1. The molecule has 0 atom stereocenters. The molecule has 0 aliphatic carbocycles. The maximum absolute atomic E-state index is 12.6. The summed E-state index contributed by atoms with van der Waals surface area (Å²) in [6, 6.07) is 5.53. The summed E-state index contributed by atoms with van der Waals surface area (Å²) in [4.78, 5) is 0.206. The van der Waals surface area contributed by atoms with Gasteiger partial charge in [-0.15, -0.1) is 0 Å². The Labute approximate surface area is 125 Å². The van der Waals surface area contributed by atoms with Gasteiger partial charge in [0.1, 0.15) is 4.90 Å². The highest BCUT2D eigenvalue weighted by Crippen LogP contribution is 2.24. The van der Waals surface area contributed by atoms with Gasteiger partial charge in [0.15, 0.2) is 0 Å². The predicted octanol–water partition coefficient (Wildman–Crippen LogP) is 1.86. The van der Waals surface area contributed by atoms with Gasteiger partial charge in [0.05, 0.1) is 17.1 Å². The molecule has 0 spiro atoms. The van der Waals surface area contributed by atoms with Crippen LogP contribution < -0.4 is 10.0 Å². The first-order valence-electron chi connectivity index (χ1n) is 6.64. The van der Waals surface area contributed by atoms with Crippen LogP contribution in [0.4, 0.5) is 5.69 Å². The number of nitrogens with one attached hydrogen (secondary N) is 3. The van der Waals surface area contributed by atoms with Crippen molar-refractivity contribution in [2.75, 3.05) is 11.8 Å². The van der Waals surface area contributed by atoms with E-state index in [0.29, 0.717) is 23.6 Å². The van der Waals surface area contributed by atoms with E-state index in [1.807, 2.05) is 26.0 Å². The molecule has 2 rings (SSSR count). The van der Waals surface area contributed by atoms with Crippen molar-refractivity contribution in [3.05, 3.63) is 40.7 Å². The molecule has 1 aromatic heterocycles. The largest absolute Gasteiger partial charge is 0.314 e. The van der Waals surface area contributed by atoms with Crippen molar-refractivity contribution < 1.29 is 8.42 Å². The lowest BCUT2D eigenvalue weighted by atomic mass is 10.1. The number of hydrogen-bond acceptors (Lipinski definition) is 4. The van der Waals surface area contributed by atoms with Gasteiger partial charge in [-0.05, 0) is 45.0 Å². The Bertz CT molecular complexity index is 750. The second-order valence-corrected chi connectivity index (χ2v) is 6.63. The number of nitrogens with zero attached hydrogens (tertiary/aromatic N) is 1. The number of rotatable bonds is 5. The minimum absolute atomic E-state index is 0.206. The second kappa shape index (κ2) is 5.87. The zero-order valence-corrected chi connectivity index (χ0v) is 13.4. The Morgan fingerprint density at radius 3 is 2.62 bits per heavy atom. The molecular weight excluding hydrogens is 288 g/mol. The number of hydrogen-bond donors (Lipinski definition) is 3. The first kappa shape index (κ1) is 15.5. The molecule has 0 saturated heterocycles. The van der Waals surface area contributed by atoms with Crippen LogP contribution >= 0.6 is 0 Å². The summed E-state index contributed by atoms with van der Waals surface area (Å²) in [6.07, 6.45) is 0. The molecule has 0 fully saturated rings. The fraction of sp³-hybridized carbons (Fsp3) is 0.357. The number of sulfonamides is 1. The standard InChI is InChI=1S/C14H20N4O2S/c1-9-6-5-7-12(10(9)2)18-21(19,20)14-11(3)16-17-13(14)8-15-4/h5-7,15,18H,8H2,1-4H3,(H,16,17). The van der Waals surface area contributed by atoms with Gasteiger partial charge in [0.2, 0.25) is 0 Å². The second-order valence-electron chi connectivity index (χ2n) is 5.01. The Morgan fingerprint density at radius 2 is 1.95 bits per heavy atom. The van der Waals surface area contributed by atoms with Gasteiger partial charge < -0.3 is 5.32 Å². The van der Waals surface area contributed by atoms with Crippen molar-refractivity contribution >= 4 is 15.7 Å². The molecule has 0 bridgehead atoms. The van der Waals surface area contributed by atoms with Crippen LogP contribution in [0.5, 0.6) is 0 Å². The molecule has 0 amide bonds. The minimum atomic E-state index is -3.68. The van der Waals surface area contributed by atoms with Crippen molar-refractivity contribution in [3.8, 4) is 0 Å². The summed E-state index contributed by atoms with van der Waals surface area (Å²) >= 11 is 0. The van der Waals surface area contributed by atoms with Gasteiger partial charge in [-0.3, -0.25) is 9.82 Å². The first-order chi connectivity index (χ1) is 9.86. The smallest absolute Gasteiger partial charge is 0.265 e. The van der Waals surface area contributed by atoms with Gasteiger partial charge in [0, 0.05) is 6.54 Å². The topological polar surface area (TPSA) is 86.9 Å². The number of aryl methyl sites for hydroxylation is 2. The third-order valence-electron chi connectivity index (χ3n) is 3.42. The molecule has 3 N–H and O–H groups in total. The van der Waals surface area contributed by atoms with E-state index in [1.54, 1.807) is 20.0 Å². The average molecular weight is 308 g/mol. The van der Waals surface area contributed by atoms with Crippen LogP contribution in [0, 0.1) is 20.8 Å². The Kier molecular flexibility index (Phi) is 4.34. The molecule has 2 aromatic rings. The molecule has 1 aromatic carbocycles. The quantitative estimate of drug-likeness (QED) is 0.787. The first-order valence-corrected chi connectivity index (χ1v) is 8.12. The molecule has 0 unspecified atom stereocenters. The van der Waals surface area contributed by atoms with E-state index in [4.69, 9.17) is 0 Å². The maximum Gasteiger partial charge on any atom is 0.265 e. The van der Waals surface area contributed by atoms with Crippen molar-refractivity contribution in [1.82, 2.24) is 15.5 Å². The van der Waals surface area contributed by atoms with Crippen LogP contribution in [-0.2, 0) is 16.6 Å². The highest BCUT2D eigenvalue weighted by Gasteiger charge is 2.24. The van der Waals surface area contributed by atoms with E-state index in [1.165, 1.54) is 0 Å². The summed E-state index contributed by atoms with van der Waals surface area (Å²) in [5.74, 6) is 0. The molecule has 0 aliphatic heterocycles. The zero-order chi connectivity index (χ0) is 15.6. The van der Waals surface area contributed by atoms with E-state index in [-0.39, 0.29) is 4.90 Å². The summed E-state index contributed by atoms with van der Waals surface area (Å²) in [5, 5.41) is 9.70. The highest BCUT2D eigenvalue weighted by molar-refractivity contribution is 7.92. The minimum Gasteiger partial charge on any atom is -0.314 e. The Balaban J connectivity index is 2.44. The number of H-pyrrole nitrogens is 1. The van der Waals surface area contributed by atoms with Crippen LogP contribution in [0.1, 0.15) is 22.5 Å². The van der Waals surface area contributed by atoms with Gasteiger partial charge in [-0.2, -0.15) is 5.10 Å².